The fraction of sp³-hybridized carbons (Fsp3) is 0.667. The van der Waals surface area contributed by atoms with Crippen LogP contribution in [0, 0.1) is 0 Å². The minimum Gasteiger partial charge on any atom is -0.444 e. The van der Waals surface area contributed by atoms with Crippen LogP contribution < -0.4 is 4.90 Å². The summed E-state index contributed by atoms with van der Waals surface area (Å²) in [4.78, 5) is 27.9. The van der Waals surface area contributed by atoms with E-state index in [1.165, 1.54) is 0 Å². The molecule has 33 heavy (non-hydrogen) atoms. The average molecular weight is 468 g/mol. The SMILES string of the molecule is CC1CCN1c1nc(-c2noc(C3CCN(C(=O)OC(C)(C)C)CC3)n2)cc(C(F)(F)F)n1. The molecule has 0 radical (unpaired) electrons. The van der Waals surface area contributed by atoms with Gasteiger partial charge in [0.15, 0.2) is 5.69 Å². The number of ether oxygens (including phenoxy) is 1. The summed E-state index contributed by atoms with van der Waals surface area (Å²) in [6.45, 7) is 8.84. The monoisotopic (exact) mass is 468 g/mol. The topological polar surface area (TPSA) is 97.5 Å². The van der Waals surface area contributed by atoms with Crippen LogP contribution in [0.15, 0.2) is 10.6 Å². The Bertz CT molecular complexity index is 1010. The predicted octanol–water partition coefficient (Wildman–Crippen LogP) is 4.26. The summed E-state index contributed by atoms with van der Waals surface area (Å²) in [5.74, 6) is 0.209. The summed E-state index contributed by atoms with van der Waals surface area (Å²) < 4.78 is 51.1. The van der Waals surface area contributed by atoms with Crippen molar-refractivity contribution in [3.8, 4) is 11.5 Å². The number of amides is 1. The van der Waals surface area contributed by atoms with Gasteiger partial charge in [0, 0.05) is 31.6 Å². The van der Waals surface area contributed by atoms with E-state index in [9.17, 15) is 18.0 Å². The highest BCUT2D eigenvalue weighted by Gasteiger charge is 2.37. The summed E-state index contributed by atoms with van der Waals surface area (Å²) in [6, 6.07) is 0.908. The van der Waals surface area contributed by atoms with Gasteiger partial charge in [0.05, 0.1) is 0 Å². The maximum absolute atomic E-state index is 13.4. The summed E-state index contributed by atoms with van der Waals surface area (Å²) in [5, 5.41) is 3.88. The molecule has 2 aliphatic rings. The highest BCUT2D eigenvalue weighted by Crippen LogP contribution is 2.34. The lowest BCUT2D eigenvalue weighted by atomic mass is 9.97. The van der Waals surface area contributed by atoms with Crippen molar-refractivity contribution in [2.75, 3.05) is 24.5 Å². The van der Waals surface area contributed by atoms with Crippen LogP contribution in [0.3, 0.4) is 0 Å². The van der Waals surface area contributed by atoms with Crippen molar-refractivity contribution < 1.29 is 27.2 Å². The van der Waals surface area contributed by atoms with Crippen molar-refractivity contribution in [1.82, 2.24) is 25.0 Å². The summed E-state index contributed by atoms with van der Waals surface area (Å²) >= 11 is 0. The molecule has 2 aromatic heterocycles. The number of anilines is 1. The van der Waals surface area contributed by atoms with Crippen LogP contribution in [-0.2, 0) is 10.9 Å². The molecule has 2 saturated heterocycles. The number of carbonyl (C=O) groups is 1. The Morgan fingerprint density at radius 3 is 2.33 bits per heavy atom. The lowest BCUT2D eigenvalue weighted by Crippen LogP contribution is -2.47. The largest absolute Gasteiger partial charge is 0.444 e. The Morgan fingerprint density at radius 1 is 1.09 bits per heavy atom. The van der Waals surface area contributed by atoms with Crippen molar-refractivity contribution in [3.63, 3.8) is 0 Å². The molecule has 1 amide bonds. The molecule has 9 nitrogen and oxygen atoms in total. The molecule has 2 fully saturated rings. The van der Waals surface area contributed by atoms with Gasteiger partial charge in [-0.15, -0.1) is 0 Å². The maximum atomic E-state index is 13.4. The maximum Gasteiger partial charge on any atom is 0.433 e. The van der Waals surface area contributed by atoms with Crippen LogP contribution in [0.25, 0.3) is 11.5 Å². The Morgan fingerprint density at radius 2 is 1.79 bits per heavy atom. The first kappa shape index (κ1) is 23.2. The van der Waals surface area contributed by atoms with Gasteiger partial charge in [0.2, 0.25) is 17.7 Å². The second kappa shape index (κ2) is 8.45. The van der Waals surface area contributed by atoms with E-state index in [1.54, 1.807) is 9.80 Å². The van der Waals surface area contributed by atoms with E-state index in [1.807, 2.05) is 27.7 Å². The first-order chi connectivity index (χ1) is 15.4. The number of hydrogen-bond donors (Lipinski definition) is 0. The van der Waals surface area contributed by atoms with Gasteiger partial charge in [-0.25, -0.2) is 14.8 Å². The minimum absolute atomic E-state index is 0.00981. The molecule has 0 spiro atoms. The molecule has 12 heteroatoms. The number of hydrogen-bond acceptors (Lipinski definition) is 8. The molecule has 4 heterocycles. The Hall–Kier alpha value is -2.92. The fourth-order valence-electron chi connectivity index (χ4n) is 3.78. The summed E-state index contributed by atoms with van der Waals surface area (Å²) in [5.41, 5.74) is -1.65. The van der Waals surface area contributed by atoms with E-state index in [-0.39, 0.29) is 35.5 Å². The third-order valence-corrected chi connectivity index (χ3v) is 5.75. The van der Waals surface area contributed by atoms with Gasteiger partial charge in [-0.05, 0) is 53.0 Å². The van der Waals surface area contributed by atoms with Crippen molar-refractivity contribution >= 4 is 12.0 Å². The van der Waals surface area contributed by atoms with Gasteiger partial charge >= 0.3 is 12.3 Å². The molecule has 4 rings (SSSR count). The molecule has 1 unspecified atom stereocenters. The lowest BCUT2D eigenvalue weighted by molar-refractivity contribution is -0.141. The van der Waals surface area contributed by atoms with Crippen LogP contribution in [-0.4, -0.2) is 62.4 Å². The van der Waals surface area contributed by atoms with Crippen LogP contribution >= 0.6 is 0 Å². The van der Waals surface area contributed by atoms with Crippen LogP contribution in [0.5, 0.6) is 0 Å². The van der Waals surface area contributed by atoms with E-state index < -0.39 is 17.5 Å². The van der Waals surface area contributed by atoms with Gasteiger partial charge in [-0.1, -0.05) is 5.16 Å². The van der Waals surface area contributed by atoms with E-state index in [0.717, 1.165) is 12.5 Å². The fourth-order valence-corrected chi connectivity index (χ4v) is 3.78. The molecular formula is C21H27F3N6O3. The van der Waals surface area contributed by atoms with Crippen molar-refractivity contribution in [2.24, 2.45) is 0 Å². The zero-order chi connectivity index (χ0) is 24.0. The third kappa shape index (κ3) is 5.19. The van der Waals surface area contributed by atoms with E-state index >= 15 is 0 Å². The number of nitrogens with zero attached hydrogens (tertiary/aromatic N) is 6. The van der Waals surface area contributed by atoms with E-state index in [2.05, 4.69) is 20.1 Å². The molecule has 2 aliphatic heterocycles. The zero-order valence-electron chi connectivity index (χ0n) is 19.0. The third-order valence-electron chi connectivity index (χ3n) is 5.75. The van der Waals surface area contributed by atoms with E-state index in [4.69, 9.17) is 9.26 Å². The summed E-state index contributed by atoms with van der Waals surface area (Å²) in [7, 11) is 0. The Labute approximate surface area is 189 Å². The number of halogens is 3. The quantitative estimate of drug-likeness (QED) is 0.659. The van der Waals surface area contributed by atoms with Gasteiger partial charge in [-0.3, -0.25) is 0 Å². The van der Waals surface area contributed by atoms with Crippen molar-refractivity contribution in [2.45, 2.75) is 70.7 Å². The van der Waals surface area contributed by atoms with Crippen LogP contribution in [0.2, 0.25) is 0 Å². The molecule has 0 aromatic carbocycles. The molecule has 0 aliphatic carbocycles. The average Bonchev–Trinajstić information content (AvgIpc) is 3.21. The highest BCUT2D eigenvalue weighted by molar-refractivity contribution is 5.68. The van der Waals surface area contributed by atoms with Crippen LogP contribution in [0.4, 0.5) is 23.9 Å². The molecule has 0 saturated carbocycles. The normalized spacial score (nSPS) is 20.0. The Balaban J connectivity index is 1.50. The number of alkyl halides is 3. The second-order valence-corrected chi connectivity index (χ2v) is 9.47. The first-order valence-corrected chi connectivity index (χ1v) is 11.0. The van der Waals surface area contributed by atoms with Gasteiger partial charge in [0.25, 0.3) is 0 Å². The predicted molar refractivity (Wildman–Crippen MR) is 112 cm³/mol. The standard InChI is InChI=1S/C21H27F3N6O3/c1-12-5-10-30(12)18-25-14(11-15(26-18)21(22,23)24)16-27-17(33-28-16)13-6-8-29(9-7-13)19(31)32-20(2,3)4/h11-13H,5-10H2,1-4H3. The van der Waals surface area contributed by atoms with E-state index in [0.29, 0.717) is 38.4 Å². The zero-order valence-corrected chi connectivity index (χ0v) is 19.0. The minimum atomic E-state index is -4.62. The number of piperidine rings is 1. The highest BCUT2D eigenvalue weighted by atomic mass is 19.4. The molecule has 0 bridgehead atoms. The number of likely N-dealkylation sites (tertiary alicyclic amines) is 1. The first-order valence-electron chi connectivity index (χ1n) is 11.0. The molecular weight excluding hydrogens is 441 g/mol. The number of aromatic nitrogens is 4. The molecule has 1 atom stereocenters. The lowest BCUT2D eigenvalue weighted by Gasteiger charge is -2.38. The molecule has 2 aromatic rings. The number of carbonyl (C=O) groups excluding carboxylic acids is 1. The Kier molecular flexibility index (Phi) is 5.95. The van der Waals surface area contributed by atoms with Crippen molar-refractivity contribution in [3.05, 3.63) is 17.7 Å². The van der Waals surface area contributed by atoms with Crippen LogP contribution in [0.1, 0.15) is 64.5 Å². The smallest absolute Gasteiger partial charge is 0.433 e. The second-order valence-electron chi connectivity index (χ2n) is 9.47. The number of rotatable bonds is 3. The van der Waals surface area contributed by atoms with Gasteiger partial charge in [0.1, 0.15) is 11.3 Å². The molecule has 180 valence electrons. The summed E-state index contributed by atoms with van der Waals surface area (Å²) in [6.07, 6.45) is -2.98. The van der Waals surface area contributed by atoms with Gasteiger partial charge in [-0.2, -0.15) is 18.2 Å². The van der Waals surface area contributed by atoms with Crippen molar-refractivity contribution in [1.29, 1.82) is 0 Å². The molecule has 0 N–H and O–H groups in total. The van der Waals surface area contributed by atoms with Gasteiger partial charge < -0.3 is 19.1 Å².